The van der Waals surface area contributed by atoms with Gasteiger partial charge in [0.2, 0.25) is 0 Å². The molecule has 5 nitrogen and oxygen atoms in total. The van der Waals surface area contributed by atoms with Gasteiger partial charge in [0.05, 0.1) is 18.2 Å². The Morgan fingerprint density at radius 2 is 1.78 bits per heavy atom. The zero-order valence-corrected chi connectivity index (χ0v) is 17.6. The van der Waals surface area contributed by atoms with Gasteiger partial charge in [-0.15, -0.1) is 0 Å². The van der Waals surface area contributed by atoms with Crippen LogP contribution in [0.1, 0.15) is 23.6 Å². The van der Waals surface area contributed by atoms with Gasteiger partial charge in [-0.1, -0.05) is 48.1 Å². The van der Waals surface area contributed by atoms with Gasteiger partial charge < -0.3 is 0 Å². The van der Waals surface area contributed by atoms with Gasteiger partial charge in [0, 0.05) is 10.6 Å². The van der Waals surface area contributed by atoms with Crippen molar-refractivity contribution in [2.24, 2.45) is 0 Å². The first kappa shape index (κ1) is 23.7. The highest BCUT2D eigenvalue weighted by atomic mass is 35.5. The second-order valence-electron chi connectivity index (χ2n) is 6.99. The molecule has 0 aliphatic heterocycles. The van der Waals surface area contributed by atoms with Gasteiger partial charge in [-0.05, 0) is 24.6 Å². The molecule has 0 bridgehead atoms. The molecule has 168 valence electrons. The fraction of sp³-hybridized carbons (Fsp3) is 0.263. The predicted octanol–water partition coefficient (Wildman–Crippen LogP) is 5.37. The normalized spacial score (nSPS) is 14.1. The maximum Gasteiger partial charge on any atom is 0.483 e. The van der Waals surface area contributed by atoms with Crippen LogP contribution in [0, 0.1) is 11.3 Å². The van der Waals surface area contributed by atoms with Crippen LogP contribution in [0.5, 0.6) is 0 Å². The maximum absolute atomic E-state index is 13.4. The summed E-state index contributed by atoms with van der Waals surface area (Å²) in [5.74, 6) is 0. The van der Waals surface area contributed by atoms with Crippen molar-refractivity contribution in [2.45, 2.75) is 31.4 Å². The molecular formula is C19H12ClF6N5S. The minimum absolute atomic E-state index is 0.0559. The number of benzene rings is 2. The molecule has 13 heteroatoms. The summed E-state index contributed by atoms with van der Waals surface area (Å²) < 4.78 is 78.3. The molecule has 1 N–H and O–H groups in total. The number of nitrogens with zero attached hydrogens (tertiary/aromatic N) is 4. The SMILES string of the molecule is CC(C#N)(Cn1nc2cc(Cl)cc(C(F)(F)F)c2n1)c1ccccc1C(=S)NC(F)(F)F. The Morgan fingerprint density at radius 1 is 1.12 bits per heavy atom. The summed E-state index contributed by atoms with van der Waals surface area (Å²) in [7, 11) is 0. The Balaban J connectivity index is 2.06. The first-order chi connectivity index (χ1) is 14.7. The molecule has 1 unspecified atom stereocenters. The van der Waals surface area contributed by atoms with Crippen LogP contribution in [0.3, 0.4) is 0 Å². The minimum atomic E-state index is -4.79. The highest BCUT2D eigenvalue weighted by Crippen LogP contribution is 2.36. The summed E-state index contributed by atoms with van der Waals surface area (Å²) in [6.07, 6.45) is -9.54. The minimum Gasteiger partial charge on any atom is -0.288 e. The molecule has 3 aromatic rings. The number of nitriles is 1. The highest BCUT2D eigenvalue weighted by Gasteiger charge is 2.37. The molecule has 0 radical (unpaired) electrons. The van der Waals surface area contributed by atoms with Gasteiger partial charge in [-0.25, -0.2) is 0 Å². The van der Waals surface area contributed by atoms with E-state index in [-0.39, 0.29) is 28.2 Å². The molecule has 0 aliphatic carbocycles. The number of aromatic nitrogens is 3. The fourth-order valence-corrected chi connectivity index (χ4v) is 3.64. The van der Waals surface area contributed by atoms with Crippen LogP contribution in [-0.4, -0.2) is 26.3 Å². The first-order valence-corrected chi connectivity index (χ1v) is 9.54. The van der Waals surface area contributed by atoms with Gasteiger partial charge in [-0.2, -0.15) is 46.6 Å². The fourth-order valence-electron chi connectivity index (χ4n) is 3.14. The van der Waals surface area contributed by atoms with Crippen molar-refractivity contribution in [3.05, 3.63) is 58.1 Å². The Morgan fingerprint density at radius 3 is 2.38 bits per heavy atom. The Kier molecular flexibility index (Phi) is 6.10. The Bertz CT molecular complexity index is 1230. The monoisotopic (exact) mass is 491 g/mol. The quantitative estimate of drug-likeness (QED) is 0.302. The predicted molar refractivity (Wildman–Crippen MR) is 108 cm³/mol. The van der Waals surface area contributed by atoms with Crippen molar-refractivity contribution in [1.29, 1.82) is 5.26 Å². The lowest BCUT2D eigenvalue weighted by Gasteiger charge is -2.25. The van der Waals surface area contributed by atoms with E-state index in [2.05, 4.69) is 10.2 Å². The van der Waals surface area contributed by atoms with Crippen LogP contribution in [0.4, 0.5) is 26.3 Å². The summed E-state index contributed by atoms with van der Waals surface area (Å²) in [6, 6.07) is 9.54. The summed E-state index contributed by atoms with van der Waals surface area (Å²) in [5, 5.41) is 18.7. The molecule has 0 spiro atoms. The Labute approximate surface area is 187 Å². The number of hydrogen-bond acceptors (Lipinski definition) is 4. The number of thiocarbonyl (C=S) groups is 1. The van der Waals surface area contributed by atoms with E-state index in [1.807, 2.05) is 6.07 Å². The smallest absolute Gasteiger partial charge is 0.288 e. The molecule has 0 fully saturated rings. The second kappa shape index (κ2) is 8.22. The summed E-state index contributed by atoms with van der Waals surface area (Å²) >= 11 is 10.6. The molecular weight excluding hydrogens is 480 g/mol. The molecule has 2 aromatic carbocycles. The van der Waals surface area contributed by atoms with Gasteiger partial charge in [0.1, 0.15) is 21.4 Å². The van der Waals surface area contributed by atoms with E-state index in [1.54, 1.807) is 0 Å². The average Bonchev–Trinajstić information content (AvgIpc) is 3.06. The third-order valence-electron chi connectivity index (χ3n) is 4.52. The van der Waals surface area contributed by atoms with Crippen molar-refractivity contribution in [3.8, 4) is 6.07 Å². The van der Waals surface area contributed by atoms with Crippen LogP contribution >= 0.6 is 23.8 Å². The zero-order chi connectivity index (χ0) is 23.9. The highest BCUT2D eigenvalue weighted by molar-refractivity contribution is 7.80. The lowest BCUT2D eigenvalue weighted by Crippen LogP contribution is -2.38. The standard InChI is InChI=1S/C19H12ClF6N5S/c1-17(8-27,12-5-3-2-4-11(12)16(32)28-19(24,25)26)9-31-29-14-7-10(20)6-13(15(14)30-31)18(21,22)23/h2-7H,9H2,1H3,(H,28,32). The number of fused-ring (bicyclic) bond motifs is 1. The molecule has 1 heterocycles. The summed E-state index contributed by atoms with van der Waals surface area (Å²) in [4.78, 5) is 0.232. The molecule has 0 saturated carbocycles. The van der Waals surface area contributed by atoms with Crippen molar-refractivity contribution in [1.82, 2.24) is 20.3 Å². The number of nitrogens with one attached hydrogen (secondary N) is 1. The van der Waals surface area contributed by atoms with E-state index in [0.29, 0.717) is 6.07 Å². The van der Waals surface area contributed by atoms with Crippen molar-refractivity contribution in [3.63, 3.8) is 0 Å². The van der Waals surface area contributed by atoms with Crippen molar-refractivity contribution >= 4 is 39.8 Å². The molecule has 1 atom stereocenters. The lowest BCUT2D eigenvalue weighted by atomic mass is 9.81. The van der Waals surface area contributed by atoms with Gasteiger partial charge in [0.15, 0.2) is 0 Å². The Hall–Kier alpha value is -2.91. The molecule has 1 aromatic heterocycles. The van der Waals surface area contributed by atoms with Crippen LogP contribution in [-0.2, 0) is 18.1 Å². The molecule has 0 saturated heterocycles. The van der Waals surface area contributed by atoms with Crippen LogP contribution in [0.15, 0.2) is 36.4 Å². The van der Waals surface area contributed by atoms with Gasteiger partial charge in [-0.3, -0.25) is 5.32 Å². The number of halogens is 7. The van der Waals surface area contributed by atoms with E-state index in [4.69, 9.17) is 23.8 Å². The third kappa shape index (κ3) is 4.94. The number of alkyl halides is 6. The van der Waals surface area contributed by atoms with Crippen LogP contribution in [0.25, 0.3) is 11.0 Å². The molecule has 0 aliphatic rings. The van der Waals surface area contributed by atoms with E-state index < -0.39 is 34.0 Å². The lowest BCUT2D eigenvalue weighted by molar-refractivity contribution is -0.141. The van der Waals surface area contributed by atoms with Gasteiger partial charge in [0.25, 0.3) is 0 Å². The van der Waals surface area contributed by atoms with E-state index in [0.717, 1.165) is 4.80 Å². The zero-order valence-electron chi connectivity index (χ0n) is 16.0. The van der Waals surface area contributed by atoms with E-state index >= 15 is 0 Å². The maximum atomic E-state index is 13.4. The average molecular weight is 492 g/mol. The van der Waals surface area contributed by atoms with Crippen LogP contribution in [0.2, 0.25) is 5.02 Å². The number of rotatable bonds is 4. The largest absolute Gasteiger partial charge is 0.483 e. The third-order valence-corrected chi connectivity index (χ3v) is 5.06. The van der Waals surface area contributed by atoms with Crippen molar-refractivity contribution in [2.75, 3.05) is 0 Å². The molecule has 0 amide bonds. The van der Waals surface area contributed by atoms with Crippen molar-refractivity contribution < 1.29 is 26.3 Å². The second-order valence-corrected chi connectivity index (χ2v) is 7.84. The first-order valence-electron chi connectivity index (χ1n) is 8.75. The topological polar surface area (TPSA) is 66.5 Å². The molecule has 32 heavy (non-hydrogen) atoms. The number of hydrogen-bond donors (Lipinski definition) is 1. The molecule has 3 rings (SSSR count). The van der Waals surface area contributed by atoms with E-state index in [1.165, 1.54) is 42.6 Å². The van der Waals surface area contributed by atoms with Gasteiger partial charge >= 0.3 is 12.5 Å². The summed E-state index contributed by atoms with van der Waals surface area (Å²) in [6.45, 7) is 1.03. The summed E-state index contributed by atoms with van der Waals surface area (Å²) in [5.41, 5.74) is -3.18. The van der Waals surface area contributed by atoms with E-state index in [9.17, 15) is 31.6 Å². The van der Waals surface area contributed by atoms with Crippen LogP contribution < -0.4 is 5.32 Å².